The smallest absolute Gasteiger partial charge is 0.131 e. The van der Waals surface area contributed by atoms with Crippen LogP contribution in [-0.2, 0) is 25.7 Å². The SMILES string of the molecule is Cc1cc(C)c(-c2cc(-c3cc4c(c(-c5c(O)c(-c6cc(-c7c(C)cc(C)cc7C)cc(-c7c(C)cc(C)cc7C)c6)cc6c5CCCC6)c3O)CCCC4)cc(-c3c(C)cc(C)cc3C)c2)c(C)c1. The molecule has 0 spiro atoms. The van der Waals surface area contributed by atoms with Crippen LogP contribution in [0.5, 0.6) is 11.5 Å². The zero-order valence-electron chi connectivity index (χ0n) is 43.8. The summed E-state index contributed by atoms with van der Waals surface area (Å²) in [6.07, 6.45) is 7.90. The number of hydrogen-bond donors (Lipinski definition) is 2. The number of hydrogen-bond acceptors (Lipinski definition) is 2. The van der Waals surface area contributed by atoms with Crippen LogP contribution in [0.2, 0.25) is 0 Å². The molecule has 354 valence electrons. The predicted octanol–water partition coefficient (Wildman–Crippen LogP) is 18.2. The molecule has 70 heavy (non-hydrogen) atoms. The molecule has 10 rings (SSSR count). The van der Waals surface area contributed by atoms with Gasteiger partial charge < -0.3 is 10.2 Å². The fraction of sp³-hybridized carbons (Fsp3) is 0.294. The summed E-state index contributed by atoms with van der Waals surface area (Å²) in [5.74, 6) is 0.537. The Morgan fingerprint density at radius 1 is 0.257 bits per heavy atom. The van der Waals surface area contributed by atoms with Crippen LogP contribution in [0.25, 0.3) is 77.9 Å². The number of phenols is 2. The van der Waals surface area contributed by atoms with E-state index in [0.29, 0.717) is 0 Å². The summed E-state index contributed by atoms with van der Waals surface area (Å²) in [5, 5.41) is 26.8. The highest BCUT2D eigenvalue weighted by atomic mass is 16.3. The standard InChI is InChI=1S/C68H70O2/c1-37-21-41(5)61(42(6)22-37)53-29-51(30-54(33-53)62-43(7)23-38(2)24-44(62)8)59-35-49-17-13-15-19-57(49)65(67(59)69)66-58-20-16-14-18-50(58)36-60(68(66)70)52-31-55(63-45(9)25-39(3)26-46(63)10)34-56(32-52)64-47(11)27-40(4)28-48(64)12/h21-36,69-70H,13-20H2,1-12H3. The van der Waals surface area contributed by atoms with E-state index in [2.05, 4.69) is 180 Å². The first-order chi connectivity index (χ1) is 33.4. The molecule has 8 aromatic carbocycles. The van der Waals surface area contributed by atoms with Crippen molar-refractivity contribution in [3.05, 3.63) is 186 Å². The minimum atomic E-state index is 0.268. The lowest BCUT2D eigenvalue weighted by Gasteiger charge is -2.29. The van der Waals surface area contributed by atoms with Crippen molar-refractivity contribution in [1.82, 2.24) is 0 Å². The molecule has 0 aromatic heterocycles. The number of aryl methyl sites for hydroxylation is 14. The van der Waals surface area contributed by atoms with Crippen molar-refractivity contribution in [1.29, 1.82) is 0 Å². The molecule has 0 bridgehead atoms. The summed E-state index contributed by atoms with van der Waals surface area (Å²) in [6.45, 7) is 26.5. The molecule has 2 aliphatic rings. The van der Waals surface area contributed by atoms with E-state index in [9.17, 15) is 10.2 Å². The Balaban J connectivity index is 1.26. The van der Waals surface area contributed by atoms with Gasteiger partial charge in [0, 0.05) is 22.3 Å². The molecule has 0 saturated carbocycles. The van der Waals surface area contributed by atoms with Gasteiger partial charge in [0.25, 0.3) is 0 Å². The maximum atomic E-state index is 13.4. The van der Waals surface area contributed by atoms with Crippen LogP contribution in [0.4, 0.5) is 0 Å². The third-order valence-corrected chi connectivity index (χ3v) is 15.8. The maximum Gasteiger partial charge on any atom is 0.131 e. The number of aromatic hydroxyl groups is 2. The lowest BCUT2D eigenvalue weighted by atomic mass is 9.76. The Morgan fingerprint density at radius 2 is 0.486 bits per heavy atom. The molecule has 2 aliphatic carbocycles. The Morgan fingerprint density at radius 3 is 0.743 bits per heavy atom. The lowest BCUT2D eigenvalue weighted by Crippen LogP contribution is -2.10. The van der Waals surface area contributed by atoms with Gasteiger partial charge >= 0.3 is 0 Å². The van der Waals surface area contributed by atoms with Gasteiger partial charge in [0.05, 0.1) is 0 Å². The summed E-state index contributed by atoms with van der Waals surface area (Å²) in [5.41, 5.74) is 34.8. The van der Waals surface area contributed by atoms with E-state index in [1.165, 1.54) is 111 Å². The molecule has 0 heterocycles. The van der Waals surface area contributed by atoms with E-state index >= 15 is 0 Å². The number of rotatable bonds is 7. The van der Waals surface area contributed by atoms with Gasteiger partial charge in [0.15, 0.2) is 0 Å². The Bertz CT molecular complexity index is 2990. The van der Waals surface area contributed by atoms with Gasteiger partial charge in [-0.05, 0) is 305 Å². The van der Waals surface area contributed by atoms with E-state index in [1.54, 1.807) is 0 Å². The summed E-state index contributed by atoms with van der Waals surface area (Å²) >= 11 is 0. The van der Waals surface area contributed by atoms with Crippen LogP contribution in [0.1, 0.15) is 115 Å². The van der Waals surface area contributed by atoms with Crippen molar-refractivity contribution in [2.24, 2.45) is 0 Å². The first-order valence-corrected chi connectivity index (χ1v) is 25.8. The second kappa shape index (κ2) is 18.3. The fourth-order valence-corrected chi connectivity index (χ4v) is 13.5. The van der Waals surface area contributed by atoms with E-state index in [0.717, 1.165) is 107 Å². The van der Waals surface area contributed by atoms with Crippen molar-refractivity contribution >= 4 is 0 Å². The second-order valence-electron chi connectivity index (χ2n) is 21.7. The molecule has 8 aromatic rings. The van der Waals surface area contributed by atoms with Crippen LogP contribution in [-0.4, -0.2) is 10.2 Å². The average molecular weight is 919 g/mol. The highest BCUT2D eigenvalue weighted by Crippen LogP contribution is 2.54. The number of benzene rings is 8. The molecule has 0 saturated heterocycles. The average Bonchev–Trinajstić information content (AvgIpc) is 3.27. The highest BCUT2D eigenvalue weighted by Gasteiger charge is 2.30. The van der Waals surface area contributed by atoms with E-state index < -0.39 is 0 Å². The van der Waals surface area contributed by atoms with Gasteiger partial charge in [0.2, 0.25) is 0 Å². The maximum absolute atomic E-state index is 13.4. The van der Waals surface area contributed by atoms with Gasteiger partial charge in [-0.3, -0.25) is 0 Å². The van der Waals surface area contributed by atoms with E-state index in [4.69, 9.17) is 0 Å². The van der Waals surface area contributed by atoms with Gasteiger partial charge in [0.1, 0.15) is 11.5 Å². The lowest BCUT2D eigenvalue weighted by molar-refractivity contribution is 0.468. The molecule has 0 fully saturated rings. The monoisotopic (exact) mass is 919 g/mol. The van der Waals surface area contributed by atoms with E-state index in [1.807, 2.05) is 0 Å². The molecular formula is C68H70O2. The van der Waals surface area contributed by atoms with Crippen molar-refractivity contribution in [3.8, 4) is 89.4 Å². The molecule has 0 aliphatic heterocycles. The Hall–Kier alpha value is -6.64. The highest BCUT2D eigenvalue weighted by molar-refractivity contribution is 5.97. The van der Waals surface area contributed by atoms with Gasteiger partial charge in [-0.2, -0.15) is 0 Å². The topological polar surface area (TPSA) is 40.5 Å². The molecule has 2 heteroatoms. The summed E-state index contributed by atoms with van der Waals surface area (Å²) < 4.78 is 0. The van der Waals surface area contributed by atoms with E-state index in [-0.39, 0.29) is 11.5 Å². The van der Waals surface area contributed by atoms with Crippen molar-refractivity contribution in [3.63, 3.8) is 0 Å². The Labute approximate surface area is 418 Å². The third-order valence-electron chi connectivity index (χ3n) is 15.8. The van der Waals surface area contributed by atoms with Crippen LogP contribution in [0.15, 0.2) is 97.1 Å². The quantitative estimate of drug-likeness (QED) is 0.167. The number of fused-ring (bicyclic) bond motifs is 2. The molecule has 2 nitrogen and oxygen atoms in total. The molecule has 0 atom stereocenters. The fourth-order valence-electron chi connectivity index (χ4n) is 13.5. The first kappa shape index (κ1) is 47.1. The predicted molar refractivity (Wildman–Crippen MR) is 298 cm³/mol. The molecule has 0 unspecified atom stereocenters. The van der Waals surface area contributed by atoms with Crippen molar-refractivity contribution in [2.45, 2.75) is 134 Å². The minimum absolute atomic E-state index is 0.268. The third kappa shape index (κ3) is 8.38. The molecule has 2 N–H and O–H groups in total. The van der Waals surface area contributed by atoms with Crippen LogP contribution in [0.3, 0.4) is 0 Å². The summed E-state index contributed by atoms with van der Waals surface area (Å²) in [4.78, 5) is 0. The number of phenolic OH excluding ortho intramolecular Hbond substituents is 2. The molecule has 0 amide bonds. The van der Waals surface area contributed by atoms with Crippen molar-refractivity contribution in [2.75, 3.05) is 0 Å². The summed E-state index contributed by atoms with van der Waals surface area (Å²) in [7, 11) is 0. The Kier molecular flexibility index (Phi) is 12.3. The molecular weight excluding hydrogens is 849 g/mol. The first-order valence-electron chi connectivity index (χ1n) is 25.8. The van der Waals surface area contributed by atoms with Crippen LogP contribution in [0, 0.1) is 83.1 Å². The van der Waals surface area contributed by atoms with Gasteiger partial charge in [-0.25, -0.2) is 0 Å². The molecule has 0 radical (unpaired) electrons. The zero-order chi connectivity index (χ0) is 49.4. The zero-order valence-corrected chi connectivity index (χ0v) is 43.8. The second-order valence-corrected chi connectivity index (χ2v) is 21.7. The van der Waals surface area contributed by atoms with Gasteiger partial charge in [-0.1, -0.05) is 70.8 Å². The van der Waals surface area contributed by atoms with Crippen LogP contribution >= 0.6 is 0 Å². The summed E-state index contributed by atoms with van der Waals surface area (Å²) in [6, 6.07) is 36.8. The minimum Gasteiger partial charge on any atom is -0.507 e. The van der Waals surface area contributed by atoms with Gasteiger partial charge in [-0.15, -0.1) is 0 Å². The van der Waals surface area contributed by atoms with Crippen LogP contribution < -0.4 is 0 Å². The normalized spacial score (nSPS) is 13.4. The van der Waals surface area contributed by atoms with Crippen molar-refractivity contribution < 1.29 is 10.2 Å². The largest absolute Gasteiger partial charge is 0.507 e.